The average Bonchev–Trinajstić information content (AvgIpc) is 2.93. The molecule has 27 heavy (non-hydrogen) atoms. The number of hydrogen-bond donors (Lipinski definition) is 2. The molecule has 0 saturated carbocycles. The predicted octanol–water partition coefficient (Wildman–Crippen LogP) is 5.71. The zero-order valence-electron chi connectivity index (χ0n) is 14.8. The van der Waals surface area contributed by atoms with Crippen LogP contribution in [0.2, 0.25) is 10.2 Å². The number of benzene rings is 2. The Labute approximate surface area is 167 Å². The SMILES string of the molecule is CCCCn1c(Cl)c(C(=O)NC(=O)Nc2ccc(Cl)cc2)c2ccccc21. The summed E-state index contributed by atoms with van der Waals surface area (Å²) in [5, 5.41) is 6.55. The number of hydrogen-bond acceptors (Lipinski definition) is 2. The molecule has 0 bridgehead atoms. The number of nitrogens with zero attached hydrogens (tertiary/aromatic N) is 1. The Hall–Kier alpha value is -2.50. The molecule has 0 aliphatic heterocycles. The molecule has 0 atom stereocenters. The molecule has 3 aromatic rings. The minimum absolute atomic E-state index is 0.301. The van der Waals surface area contributed by atoms with Gasteiger partial charge in [-0.05, 0) is 36.8 Å². The average molecular weight is 404 g/mol. The molecule has 0 aliphatic carbocycles. The van der Waals surface area contributed by atoms with Crippen LogP contribution >= 0.6 is 23.2 Å². The number of imide groups is 1. The number of rotatable bonds is 5. The minimum atomic E-state index is -0.635. The number of para-hydroxylation sites is 1. The first-order valence-electron chi connectivity index (χ1n) is 8.66. The zero-order valence-corrected chi connectivity index (χ0v) is 16.3. The summed E-state index contributed by atoms with van der Waals surface area (Å²) in [6.45, 7) is 2.80. The van der Waals surface area contributed by atoms with Gasteiger partial charge < -0.3 is 9.88 Å². The molecule has 0 spiro atoms. The Morgan fingerprint density at radius 1 is 1.04 bits per heavy atom. The molecule has 140 valence electrons. The maximum atomic E-state index is 12.7. The molecule has 0 radical (unpaired) electrons. The van der Waals surface area contributed by atoms with Crippen molar-refractivity contribution in [3.8, 4) is 0 Å². The van der Waals surface area contributed by atoms with Gasteiger partial charge in [-0.1, -0.05) is 54.7 Å². The van der Waals surface area contributed by atoms with Crippen molar-refractivity contribution in [2.24, 2.45) is 0 Å². The van der Waals surface area contributed by atoms with Gasteiger partial charge in [0.05, 0.1) is 5.56 Å². The lowest BCUT2D eigenvalue weighted by Gasteiger charge is -2.08. The molecule has 5 nitrogen and oxygen atoms in total. The van der Waals surface area contributed by atoms with E-state index in [1.807, 2.05) is 28.8 Å². The summed E-state index contributed by atoms with van der Waals surface area (Å²) in [6, 6.07) is 13.4. The molecule has 2 aromatic carbocycles. The first-order valence-corrected chi connectivity index (χ1v) is 9.41. The van der Waals surface area contributed by atoms with Crippen molar-refractivity contribution >= 4 is 51.7 Å². The topological polar surface area (TPSA) is 63.1 Å². The van der Waals surface area contributed by atoms with Crippen molar-refractivity contribution < 1.29 is 9.59 Å². The highest BCUT2D eigenvalue weighted by Gasteiger charge is 2.22. The summed E-state index contributed by atoms with van der Waals surface area (Å²) in [6.07, 6.45) is 1.95. The molecule has 3 rings (SSSR count). The van der Waals surface area contributed by atoms with E-state index in [4.69, 9.17) is 23.2 Å². The Balaban J connectivity index is 1.83. The molecule has 0 unspecified atom stereocenters. The number of carbonyl (C=O) groups is 2. The summed E-state index contributed by atoms with van der Waals surface area (Å²) < 4.78 is 1.91. The fourth-order valence-electron chi connectivity index (χ4n) is 2.88. The fraction of sp³-hybridized carbons (Fsp3) is 0.200. The van der Waals surface area contributed by atoms with Crippen LogP contribution in [0.1, 0.15) is 30.1 Å². The van der Waals surface area contributed by atoms with E-state index in [0.717, 1.165) is 23.7 Å². The highest BCUT2D eigenvalue weighted by atomic mass is 35.5. The second-order valence-electron chi connectivity index (χ2n) is 6.10. The zero-order chi connectivity index (χ0) is 19.4. The first-order chi connectivity index (χ1) is 13.0. The van der Waals surface area contributed by atoms with Gasteiger partial charge in [-0.15, -0.1) is 0 Å². The smallest absolute Gasteiger partial charge is 0.326 e. The quantitative estimate of drug-likeness (QED) is 0.572. The summed E-state index contributed by atoms with van der Waals surface area (Å²) in [5.74, 6) is -0.544. The van der Waals surface area contributed by atoms with E-state index in [-0.39, 0.29) is 0 Å². The Bertz CT molecular complexity index is 981. The largest absolute Gasteiger partial charge is 0.331 e. The number of anilines is 1. The van der Waals surface area contributed by atoms with Gasteiger partial charge in [-0.2, -0.15) is 0 Å². The second-order valence-corrected chi connectivity index (χ2v) is 6.90. The van der Waals surface area contributed by atoms with E-state index in [2.05, 4.69) is 17.6 Å². The first kappa shape index (κ1) is 19.3. The molecular formula is C20H19Cl2N3O2. The Morgan fingerprint density at radius 3 is 2.44 bits per heavy atom. The van der Waals surface area contributed by atoms with E-state index < -0.39 is 11.9 Å². The van der Waals surface area contributed by atoms with Crippen LogP contribution in [0.4, 0.5) is 10.5 Å². The molecule has 7 heteroatoms. The highest BCUT2D eigenvalue weighted by Crippen LogP contribution is 2.30. The number of carbonyl (C=O) groups excluding carboxylic acids is 2. The molecule has 3 amide bonds. The summed E-state index contributed by atoms with van der Waals surface area (Å²) in [5.41, 5.74) is 1.70. The summed E-state index contributed by atoms with van der Waals surface area (Å²) in [7, 11) is 0. The number of aromatic nitrogens is 1. The predicted molar refractivity (Wildman–Crippen MR) is 110 cm³/mol. The van der Waals surface area contributed by atoms with Crippen molar-refractivity contribution in [1.82, 2.24) is 9.88 Å². The molecule has 0 aliphatic rings. The fourth-order valence-corrected chi connectivity index (χ4v) is 3.37. The van der Waals surface area contributed by atoms with Crippen LogP contribution in [0.5, 0.6) is 0 Å². The van der Waals surface area contributed by atoms with Gasteiger partial charge in [-0.25, -0.2) is 4.79 Å². The third kappa shape index (κ3) is 4.26. The van der Waals surface area contributed by atoms with Gasteiger partial charge in [0.1, 0.15) is 5.15 Å². The van der Waals surface area contributed by atoms with Gasteiger partial charge in [-0.3, -0.25) is 10.1 Å². The second kappa shape index (κ2) is 8.46. The lowest BCUT2D eigenvalue weighted by atomic mass is 10.1. The van der Waals surface area contributed by atoms with Crippen LogP contribution in [0.25, 0.3) is 10.9 Å². The van der Waals surface area contributed by atoms with Gasteiger partial charge in [0.25, 0.3) is 5.91 Å². The van der Waals surface area contributed by atoms with E-state index in [0.29, 0.717) is 28.0 Å². The summed E-state index contributed by atoms with van der Waals surface area (Å²) in [4.78, 5) is 24.9. The monoisotopic (exact) mass is 403 g/mol. The van der Waals surface area contributed by atoms with Crippen molar-refractivity contribution in [2.45, 2.75) is 26.3 Å². The van der Waals surface area contributed by atoms with Crippen molar-refractivity contribution in [3.05, 3.63) is 64.3 Å². The number of urea groups is 1. The minimum Gasteiger partial charge on any atom is -0.331 e. The van der Waals surface area contributed by atoms with Crippen LogP contribution in [-0.2, 0) is 6.54 Å². The van der Waals surface area contributed by atoms with E-state index in [9.17, 15) is 9.59 Å². The standard InChI is InChI=1S/C20H19Cl2N3O2/c1-2-3-12-25-16-7-5-4-6-15(16)17(18(25)22)19(26)24-20(27)23-14-10-8-13(21)9-11-14/h4-11H,2-3,12H2,1H3,(H2,23,24,26,27). The molecular weight excluding hydrogens is 385 g/mol. The van der Waals surface area contributed by atoms with E-state index >= 15 is 0 Å². The van der Waals surface area contributed by atoms with Gasteiger partial charge in [0.2, 0.25) is 0 Å². The molecule has 0 fully saturated rings. The van der Waals surface area contributed by atoms with Crippen molar-refractivity contribution in [1.29, 1.82) is 0 Å². The number of nitrogens with one attached hydrogen (secondary N) is 2. The molecule has 0 saturated heterocycles. The normalized spacial score (nSPS) is 10.8. The number of amides is 3. The third-order valence-electron chi connectivity index (χ3n) is 4.20. The van der Waals surface area contributed by atoms with Crippen LogP contribution in [0, 0.1) is 0 Å². The van der Waals surface area contributed by atoms with Gasteiger partial charge in [0.15, 0.2) is 0 Å². The van der Waals surface area contributed by atoms with Crippen LogP contribution in [0.3, 0.4) is 0 Å². The van der Waals surface area contributed by atoms with Crippen LogP contribution < -0.4 is 10.6 Å². The van der Waals surface area contributed by atoms with Gasteiger partial charge >= 0.3 is 6.03 Å². The molecule has 1 heterocycles. The Kier molecular flexibility index (Phi) is 6.04. The maximum absolute atomic E-state index is 12.7. The third-order valence-corrected chi connectivity index (χ3v) is 4.84. The Morgan fingerprint density at radius 2 is 1.74 bits per heavy atom. The van der Waals surface area contributed by atoms with E-state index in [1.54, 1.807) is 24.3 Å². The van der Waals surface area contributed by atoms with Crippen LogP contribution in [0.15, 0.2) is 48.5 Å². The highest BCUT2D eigenvalue weighted by molar-refractivity contribution is 6.36. The maximum Gasteiger partial charge on any atom is 0.326 e. The number of fused-ring (bicyclic) bond motifs is 1. The molecule has 2 N–H and O–H groups in total. The lowest BCUT2D eigenvalue weighted by Crippen LogP contribution is -2.34. The van der Waals surface area contributed by atoms with Crippen molar-refractivity contribution in [2.75, 3.05) is 5.32 Å². The number of unbranched alkanes of at least 4 members (excludes halogenated alkanes) is 1. The van der Waals surface area contributed by atoms with Gasteiger partial charge in [0, 0.05) is 28.2 Å². The van der Waals surface area contributed by atoms with E-state index in [1.165, 1.54) is 0 Å². The number of aryl methyl sites for hydroxylation is 1. The van der Waals surface area contributed by atoms with Crippen molar-refractivity contribution in [3.63, 3.8) is 0 Å². The summed E-state index contributed by atoms with van der Waals surface area (Å²) >= 11 is 12.3. The lowest BCUT2D eigenvalue weighted by molar-refractivity contribution is 0.0968. The molecule has 1 aromatic heterocycles. The number of halogens is 2. The van der Waals surface area contributed by atoms with Crippen LogP contribution in [-0.4, -0.2) is 16.5 Å².